The molecule has 1 aliphatic rings. The average molecular weight is 470 g/mol. The highest BCUT2D eigenvalue weighted by atomic mass is 19.1. The van der Waals surface area contributed by atoms with Crippen molar-refractivity contribution in [1.29, 1.82) is 0 Å². The van der Waals surface area contributed by atoms with E-state index in [0.29, 0.717) is 11.5 Å². The van der Waals surface area contributed by atoms with Crippen LogP contribution >= 0.6 is 0 Å². The van der Waals surface area contributed by atoms with Gasteiger partial charge in [0.2, 0.25) is 5.91 Å². The van der Waals surface area contributed by atoms with Crippen LogP contribution in [-0.4, -0.2) is 59.1 Å². The fraction of sp³-hybridized carbons (Fsp3) is 0.227. The first-order valence-electron chi connectivity index (χ1n) is 10.1. The van der Waals surface area contributed by atoms with Crippen molar-refractivity contribution in [3.63, 3.8) is 0 Å². The minimum Gasteiger partial charge on any atom is -0.442 e. The Labute approximate surface area is 192 Å². The first-order chi connectivity index (χ1) is 16.4. The lowest BCUT2D eigenvalue weighted by Crippen LogP contribution is -2.33. The van der Waals surface area contributed by atoms with Crippen molar-refractivity contribution in [1.82, 2.24) is 19.9 Å². The molecule has 0 bridgehead atoms. The lowest BCUT2D eigenvalue weighted by atomic mass is 10.1. The van der Waals surface area contributed by atoms with Crippen molar-refractivity contribution >= 4 is 23.9 Å². The molecule has 34 heavy (non-hydrogen) atoms. The number of imidazole rings is 1. The zero-order chi connectivity index (χ0) is 24.2. The van der Waals surface area contributed by atoms with Gasteiger partial charge in [-0.05, 0) is 24.3 Å². The Balaban J connectivity index is 1.53. The second-order valence-corrected chi connectivity index (χ2v) is 7.37. The van der Waals surface area contributed by atoms with Crippen LogP contribution in [0.3, 0.4) is 0 Å². The summed E-state index contributed by atoms with van der Waals surface area (Å²) in [6.07, 6.45) is 4.58. The quantitative estimate of drug-likeness (QED) is 0.420. The van der Waals surface area contributed by atoms with E-state index in [1.165, 1.54) is 38.8 Å². The van der Waals surface area contributed by atoms with Crippen LogP contribution < -0.4 is 10.2 Å². The van der Waals surface area contributed by atoms with Crippen LogP contribution in [0.15, 0.2) is 48.1 Å². The van der Waals surface area contributed by atoms with Gasteiger partial charge in [-0.3, -0.25) is 14.3 Å². The Kier molecular flexibility index (Phi) is 6.48. The molecule has 1 aliphatic heterocycles. The summed E-state index contributed by atoms with van der Waals surface area (Å²) in [7, 11) is 1.42. The molecule has 3 aromatic rings. The molecule has 0 saturated carbocycles. The number of halogens is 2. The number of benzene rings is 1. The van der Waals surface area contributed by atoms with E-state index >= 15 is 0 Å². The minimum atomic E-state index is -0.858. The summed E-state index contributed by atoms with van der Waals surface area (Å²) in [6, 6.07) is 5.24. The summed E-state index contributed by atoms with van der Waals surface area (Å²) < 4.78 is 36.6. The highest BCUT2D eigenvalue weighted by molar-refractivity contribution is 5.90. The summed E-state index contributed by atoms with van der Waals surface area (Å²) in [5.74, 6) is -1.51. The molecule has 0 aliphatic carbocycles. The molecule has 1 fully saturated rings. The molecule has 0 spiro atoms. The number of oxime groups is 1. The van der Waals surface area contributed by atoms with E-state index in [-0.39, 0.29) is 35.8 Å². The highest BCUT2D eigenvalue weighted by Crippen LogP contribution is 2.32. The van der Waals surface area contributed by atoms with Crippen LogP contribution in [-0.2, 0) is 14.4 Å². The molecule has 0 unspecified atom stereocenters. The highest BCUT2D eigenvalue weighted by Gasteiger charge is 2.33. The maximum absolute atomic E-state index is 14.9. The standard InChI is InChI=1S/C22H20F2N6O4/c1-13(31)25-9-17-11-30(22(32)34-17)16-5-18(23)21(19(24)6-16)14-3-4-20(26-7-14)29-10-15(27-12-29)8-28-33-2/h3-8,10,12,17H,9,11H2,1-2H3,(H,25,31)/t17-/m0/s1. The number of cyclic esters (lactones) is 1. The average Bonchev–Trinajstić information content (AvgIpc) is 3.43. The number of anilines is 1. The topological polar surface area (TPSA) is 111 Å². The Hall–Kier alpha value is -4.35. The van der Waals surface area contributed by atoms with Gasteiger partial charge >= 0.3 is 6.09 Å². The number of hydrogen-bond acceptors (Lipinski definition) is 7. The van der Waals surface area contributed by atoms with Crippen molar-refractivity contribution in [2.24, 2.45) is 5.16 Å². The molecule has 176 valence electrons. The zero-order valence-electron chi connectivity index (χ0n) is 18.2. The SMILES string of the molecule is CON=Cc1cn(-c2ccc(-c3c(F)cc(N4C[C@H](CNC(C)=O)OC4=O)cc3F)cn2)cn1. The van der Waals surface area contributed by atoms with Crippen molar-refractivity contribution in [3.8, 4) is 16.9 Å². The maximum Gasteiger partial charge on any atom is 0.414 e. The summed E-state index contributed by atoms with van der Waals surface area (Å²) in [5.41, 5.74) is 0.505. The van der Waals surface area contributed by atoms with E-state index in [9.17, 15) is 18.4 Å². The zero-order valence-corrected chi connectivity index (χ0v) is 18.2. The number of ether oxygens (including phenoxy) is 1. The third-order valence-electron chi connectivity index (χ3n) is 4.99. The molecule has 1 aromatic carbocycles. The third-order valence-corrected chi connectivity index (χ3v) is 4.99. The molecular weight excluding hydrogens is 450 g/mol. The van der Waals surface area contributed by atoms with Gasteiger partial charge in [-0.1, -0.05) is 5.16 Å². The van der Waals surface area contributed by atoms with Crippen LogP contribution in [0, 0.1) is 11.6 Å². The van der Waals surface area contributed by atoms with E-state index in [1.54, 1.807) is 16.8 Å². The predicted molar refractivity (Wildman–Crippen MR) is 118 cm³/mol. The van der Waals surface area contributed by atoms with Gasteiger partial charge in [-0.25, -0.2) is 23.5 Å². The van der Waals surface area contributed by atoms with Gasteiger partial charge in [0.05, 0.1) is 30.6 Å². The molecule has 12 heteroatoms. The summed E-state index contributed by atoms with van der Waals surface area (Å²) in [5, 5.41) is 6.17. The fourth-order valence-electron chi connectivity index (χ4n) is 3.41. The maximum atomic E-state index is 14.9. The Bertz CT molecular complexity index is 1220. The summed E-state index contributed by atoms with van der Waals surface area (Å²) in [4.78, 5) is 37.3. The smallest absolute Gasteiger partial charge is 0.414 e. The van der Waals surface area contributed by atoms with Gasteiger partial charge in [0, 0.05) is 24.9 Å². The van der Waals surface area contributed by atoms with Crippen LogP contribution in [0.2, 0.25) is 0 Å². The van der Waals surface area contributed by atoms with Gasteiger partial charge in [0.15, 0.2) is 0 Å². The molecule has 1 atom stereocenters. The largest absolute Gasteiger partial charge is 0.442 e. The molecule has 1 saturated heterocycles. The third kappa shape index (κ3) is 4.85. The predicted octanol–water partition coefficient (Wildman–Crippen LogP) is 2.65. The van der Waals surface area contributed by atoms with Crippen molar-refractivity contribution in [2.45, 2.75) is 13.0 Å². The Morgan fingerprint density at radius 3 is 2.74 bits per heavy atom. The molecule has 2 aromatic heterocycles. The molecule has 3 heterocycles. The summed E-state index contributed by atoms with van der Waals surface area (Å²) >= 11 is 0. The molecule has 0 radical (unpaired) electrons. The van der Waals surface area contributed by atoms with E-state index in [1.807, 2.05) is 0 Å². The number of aromatic nitrogens is 3. The second-order valence-electron chi connectivity index (χ2n) is 7.37. The number of carbonyl (C=O) groups is 2. The Morgan fingerprint density at radius 2 is 2.09 bits per heavy atom. The first-order valence-corrected chi connectivity index (χ1v) is 10.1. The van der Waals surface area contributed by atoms with Gasteiger partial charge in [-0.15, -0.1) is 0 Å². The molecular formula is C22H20F2N6O4. The van der Waals surface area contributed by atoms with Gasteiger partial charge in [0.25, 0.3) is 0 Å². The van der Waals surface area contributed by atoms with Crippen LogP contribution in [0.25, 0.3) is 16.9 Å². The van der Waals surface area contributed by atoms with Crippen LogP contribution in [0.4, 0.5) is 19.3 Å². The first kappa shape index (κ1) is 22.8. The molecule has 10 nitrogen and oxygen atoms in total. The van der Waals surface area contributed by atoms with Gasteiger partial charge in [-0.2, -0.15) is 0 Å². The number of nitrogens with one attached hydrogen (secondary N) is 1. The molecule has 4 rings (SSSR count). The van der Waals surface area contributed by atoms with Crippen molar-refractivity contribution in [2.75, 3.05) is 25.1 Å². The monoisotopic (exact) mass is 470 g/mol. The minimum absolute atomic E-state index is 0.0160. The van der Waals surface area contributed by atoms with E-state index in [0.717, 1.165) is 17.0 Å². The van der Waals surface area contributed by atoms with Crippen LogP contribution in [0.5, 0.6) is 0 Å². The second kappa shape index (κ2) is 9.65. The van der Waals surface area contributed by atoms with Gasteiger partial charge in [0.1, 0.15) is 42.7 Å². The van der Waals surface area contributed by atoms with Crippen molar-refractivity contribution < 1.29 is 27.9 Å². The van der Waals surface area contributed by atoms with Crippen LogP contribution in [0.1, 0.15) is 12.6 Å². The Morgan fingerprint density at radius 1 is 1.32 bits per heavy atom. The lowest BCUT2D eigenvalue weighted by Gasteiger charge is -2.15. The van der Waals surface area contributed by atoms with E-state index < -0.39 is 23.8 Å². The van der Waals surface area contributed by atoms with E-state index in [2.05, 4.69) is 25.3 Å². The number of pyridine rings is 1. The molecule has 2 amide bonds. The number of amides is 2. The molecule has 1 N–H and O–H groups in total. The fourth-order valence-corrected chi connectivity index (χ4v) is 3.41. The van der Waals surface area contributed by atoms with E-state index in [4.69, 9.17) is 4.74 Å². The normalized spacial score (nSPS) is 15.6. The van der Waals surface area contributed by atoms with Gasteiger partial charge < -0.3 is 14.9 Å². The number of nitrogens with zero attached hydrogens (tertiary/aromatic N) is 5. The lowest BCUT2D eigenvalue weighted by molar-refractivity contribution is -0.119. The number of rotatable bonds is 7. The van der Waals surface area contributed by atoms with Crippen molar-refractivity contribution in [3.05, 3.63) is 60.3 Å². The summed E-state index contributed by atoms with van der Waals surface area (Å²) in [6.45, 7) is 1.50. The number of hydrogen-bond donors (Lipinski definition) is 1. The number of carbonyl (C=O) groups excluding carboxylic acids is 2.